The van der Waals surface area contributed by atoms with Gasteiger partial charge in [0.2, 0.25) is 5.91 Å². The summed E-state index contributed by atoms with van der Waals surface area (Å²) in [6.45, 7) is 4.65. The summed E-state index contributed by atoms with van der Waals surface area (Å²) >= 11 is 11.4. The monoisotopic (exact) mass is 319 g/mol. The summed E-state index contributed by atoms with van der Waals surface area (Å²) in [5, 5.41) is 3.77. The molecule has 1 aromatic rings. The molecule has 2 rings (SSSR count). The van der Waals surface area contributed by atoms with Crippen LogP contribution in [0.25, 0.3) is 0 Å². The predicted octanol–water partition coefficient (Wildman–Crippen LogP) is 1.19. The standard InChI is InChI=1S/C12H15Cl2N3O3/c1-7-4-16(5-8(2)20-7)10(18)6-17-12(19)11(14)9(13)3-15-17/h3,7-8H,4-6H2,1-2H3. The van der Waals surface area contributed by atoms with Crippen molar-refractivity contribution in [3.05, 3.63) is 26.6 Å². The van der Waals surface area contributed by atoms with E-state index in [-0.39, 0.29) is 34.7 Å². The Morgan fingerprint density at radius 1 is 1.40 bits per heavy atom. The molecule has 0 bridgehead atoms. The van der Waals surface area contributed by atoms with E-state index in [1.165, 1.54) is 6.20 Å². The van der Waals surface area contributed by atoms with Gasteiger partial charge < -0.3 is 9.64 Å². The fraction of sp³-hybridized carbons (Fsp3) is 0.583. The minimum Gasteiger partial charge on any atom is -0.372 e. The lowest BCUT2D eigenvalue weighted by atomic mass is 10.2. The van der Waals surface area contributed by atoms with Gasteiger partial charge in [0.15, 0.2) is 0 Å². The second kappa shape index (κ2) is 6.11. The molecule has 0 saturated carbocycles. The summed E-state index contributed by atoms with van der Waals surface area (Å²) in [4.78, 5) is 25.7. The van der Waals surface area contributed by atoms with Gasteiger partial charge in [-0.3, -0.25) is 9.59 Å². The van der Waals surface area contributed by atoms with E-state index in [0.717, 1.165) is 4.68 Å². The molecule has 20 heavy (non-hydrogen) atoms. The SMILES string of the molecule is CC1CN(C(=O)Cn2ncc(Cl)c(Cl)c2=O)CC(C)O1. The number of carbonyl (C=O) groups is 1. The average molecular weight is 320 g/mol. The van der Waals surface area contributed by atoms with Gasteiger partial charge in [0.1, 0.15) is 11.6 Å². The first-order valence-electron chi connectivity index (χ1n) is 6.23. The molecule has 0 spiro atoms. The van der Waals surface area contributed by atoms with Crippen molar-refractivity contribution >= 4 is 29.1 Å². The zero-order valence-electron chi connectivity index (χ0n) is 11.2. The van der Waals surface area contributed by atoms with Crippen molar-refractivity contribution in [2.75, 3.05) is 13.1 Å². The normalized spacial score (nSPS) is 22.9. The maximum Gasteiger partial charge on any atom is 0.287 e. The fourth-order valence-electron chi connectivity index (χ4n) is 2.17. The smallest absolute Gasteiger partial charge is 0.287 e. The fourth-order valence-corrected chi connectivity index (χ4v) is 2.44. The van der Waals surface area contributed by atoms with Crippen LogP contribution in [0.2, 0.25) is 10.0 Å². The van der Waals surface area contributed by atoms with Crippen LogP contribution >= 0.6 is 23.2 Å². The summed E-state index contributed by atoms with van der Waals surface area (Å²) in [6, 6.07) is 0. The lowest BCUT2D eigenvalue weighted by Gasteiger charge is -2.35. The molecular formula is C12H15Cl2N3O3. The van der Waals surface area contributed by atoms with E-state index < -0.39 is 5.56 Å². The first kappa shape index (κ1) is 15.3. The number of morpholine rings is 1. The van der Waals surface area contributed by atoms with Crippen molar-refractivity contribution in [1.82, 2.24) is 14.7 Å². The second-order valence-corrected chi connectivity index (χ2v) is 5.61. The molecule has 0 radical (unpaired) electrons. The third-order valence-electron chi connectivity index (χ3n) is 3.00. The molecule has 1 aliphatic rings. The Balaban J connectivity index is 2.12. The van der Waals surface area contributed by atoms with Crippen molar-refractivity contribution in [2.24, 2.45) is 0 Å². The quantitative estimate of drug-likeness (QED) is 0.821. The third kappa shape index (κ3) is 3.31. The molecular weight excluding hydrogens is 305 g/mol. The Hall–Kier alpha value is -1.11. The van der Waals surface area contributed by atoms with Crippen LogP contribution in [0.4, 0.5) is 0 Å². The van der Waals surface area contributed by atoms with Gasteiger partial charge in [-0.15, -0.1) is 0 Å². The molecule has 0 aliphatic carbocycles. The van der Waals surface area contributed by atoms with Crippen molar-refractivity contribution in [2.45, 2.75) is 32.6 Å². The van der Waals surface area contributed by atoms with Gasteiger partial charge in [-0.05, 0) is 13.8 Å². The molecule has 1 aliphatic heterocycles. The van der Waals surface area contributed by atoms with Crippen molar-refractivity contribution in [1.29, 1.82) is 0 Å². The molecule has 6 nitrogen and oxygen atoms in total. The Bertz CT molecular complexity index is 566. The maximum absolute atomic E-state index is 12.2. The molecule has 0 N–H and O–H groups in total. The highest BCUT2D eigenvalue weighted by Gasteiger charge is 2.26. The van der Waals surface area contributed by atoms with Gasteiger partial charge in [-0.25, -0.2) is 4.68 Å². The summed E-state index contributed by atoms with van der Waals surface area (Å²) in [5.41, 5.74) is -0.568. The minimum absolute atomic E-state index is 0.0267. The molecule has 1 saturated heterocycles. The molecule has 2 heterocycles. The van der Waals surface area contributed by atoms with Gasteiger partial charge >= 0.3 is 0 Å². The van der Waals surface area contributed by atoms with Crippen molar-refractivity contribution in [3.63, 3.8) is 0 Å². The third-order valence-corrected chi connectivity index (χ3v) is 3.75. The van der Waals surface area contributed by atoms with Crippen molar-refractivity contribution in [3.8, 4) is 0 Å². The van der Waals surface area contributed by atoms with Gasteiger partial charge in [0.05, 0.1) is 23.4 Å². The van der Waals surface area contributed by atoms with Crippen LogP contribution in [0.15, 0.2) is 11.0 Å². The van der Waals surface area contributed by atoms with Crippen LogP contribution in [0.5, 0.6) is 0 Å². The highest BCUT2D eigenvalue weighted by molar-refractivity contribution is 6.41. The number of nitrogens with zero attached hydrogens (tertiary/aromatic N) is 3. The van der Waals surface area contributed by atoms with Crippen LogP contribution in [-0.4, -0.2) is 45.9 Å². The van der Waals surface area contributed by atoms with Gasteiger partial charge in [-0.2, -0.15) is 5.10 Å². The number of halogens is 2. The second-order valence-electron chi connectivity index (χ2n) is 4.83. The van der Waals surface area contributed by atoms with Crippen LogP contribution < -0.4 is 5.56 Å². The molecule has 2 atom stereocenters. The number of amides is 1. The Morgan fingerprint density at radius 3 is 2.60 bits per heavy atom. The van der Waals surface area contributed by atoms with E-state index in [1.54, 1.807) is 4.90 Å². The summed E-state index contributed by atoms with van der Waals surface area (Å²) in [5.74, 6) is -0.194. The molecule has 2 unspecified atom stereocenters. The minimum atomic E-state index is -0.568. The zero-order chi connectivity index (χ0) is 14.9. The topological polar surface area (TPSA) is 64.4 Å². The number of aromatic nitrogens is 2. The van der Waals surface area contributed by atoms with Crippen molar-refractivity contribution < 1.29 is 9.53 Å². The summed E-state index contributed by atoms with van der Waals surface area (Å²) < 4.78 is 6.57. The summed E-state index contributed by atoms with van der Waals surface area (Å²) in [6.07, 6.45) is 1.20. The first-order valence-corrected chi connectivity index (χ1v) is 6.98. The molecule has 110 valence electrons. The molecule has 1 aromatic heterocycles. The molecule has 8 heteroatoms. The van der Waals surface area contributed by atoms with Gasteiger partial charge in [0, 0.05) is 13.1 Å². The Labute approximate surface area is 126 Å². The van der Waals surface area contributed by atoms with Gasteiger partial charge in [0.25, 0.3) is 5.56 Å². The molecule has 1 fully saturated rings. The lowest BCUT2D eigenvalue weighted by Crippen LogP contribution is -2.49. The zero-order valence-corrected chi connectivity index (χ0v) is 12.7. The van der Waals surface area contributed by atoms with E-state index in [9.17, 15) is 9.59 Å². The number of rotatable bonds is 2. The van der Waals surface area contributed by atoms with E-state index in [1.807, 2.05) is 13.8 Å². The van der Waals surface area contributed by atoms with E-state index in [2.05, 4.69) is 5.10 Å². The van der Waals surface area contributed by atoms with Crippen LogP contribution in [0.3, 0.4) is 0 Å². The number of hydrogen-bond donors (Lipinski definition) is 0. The van der Waals surface area contributed by atoms with E-state index >= 15 is 0 Å². The highest BCUT2D eigenvalue weighted by atomic mass is 35.5. The maximum atomic E-state index is 12.2. The first-order chi connectivity index (χ1) is 9.38. The summed E-state index contributed by atoms with van der Waals surface area (Å²) in [7, 11) is 0. The van der Waals surface area contributed by atoms with Crippen LogP contribution in [0.1, 0.15) is 13.8 Å². The highest BCUT2D eigenvalue weighted by Crippen LogP contribution is 2.15. The Kier molecular flexibility index (Phi) is 4.67. The predicted molar refractivity (Wildman–Crippen MR) is 75.1 cm³/mol. The number of hydrogen-bond acceptors (Lipinski definition) is 4. The Morgan fingerprint density at radius 2 is 2.00 bits per heavy atom. The van der Waals surface area contributed by atoms with Crippen LogP contribution in [0, 0.1) is 0 Å². The lowest BCUT2D eigenvalue weighted by molar-refractivity contribution is -0.144. The molecule has 0 aromatic carbocycles. The van der Waals surface area contributed by atoms with E-state index in [0.29, 0.717) is 13.1 Å². The molecule has 1 amide bonds. The number of ether oxygens (including phenoxy) is 1. The van der Waals surface area contributed by atoms with E-state index in [4.69, 9.17) is 27.9 Å². The van der Waals surface area contributed by atoms with Gasteiger partial charge in [-0.1, -0.05) is 23.2 Å². The van der Waals surface area contributed by atoms with Crippen LogP contribution in [-0.2, 0) is 16.1 Å². The number of carbonyl (C=O) groups excluding carboxylic acids is 1. The largest absolute Gasteiger partial charge is 0.372 e. The average Bonchev–Trinajstić information content (AvgIpc) is 2.38.